The van der Waals surface area contributed by atoms with Crippen molar-refractivity contribution in [2.45, 2.75) is 45.6 Å². The summed E-state index contributed by atoms with van der Waals surface area (Å²) >= 11 is 0. The Balaban J connectivity index is 1.96. The molecule has 1 aromatic heterocycles. The van der Waals surface area contributed by atoms with Gasteiger partial charge in [-0.3, -0.25) is 4.68 Å². The largest absolute Gasteiger partial charge is 0.496 e. The fourth-order valence-corrected chi connectivity index (χ4v) is 2.41. The van der Waals surface area contributed by atoms with E-state index in [1.165, 1.54) is 11.3 Å². The maximum absolute atomic E-state index is 10.1. The molecule has 1 unspecified atom stereocenters. The van der Waals surface area contributed by atoms with Gasteiger partial charge in [-0.2, -0.15) is 5.10 Å². The Labute approximate surface area is 108 Å². The molecule has 0 spiro atoms. The summed E-state index contributed by atoms with van der Waals surface area (Å²) in [6, 6.07) is 0. The number of allylic oxidation sites excluding steroid dienone is 1. The number of hydrogen-bond donors (Lipinski definition) is 1. The van der Waals surface area contributed by atoms with E-state index in [4.69, 9.17) is 4.74 Å². The van der Waals surface area contributed by atoms with Crippen molar-refractivity contribution in [3.05, 3.63) is 28.8 Å². The normalized spacial score (nSPS) is 17.2. The molecule has 0 saturated heterocycles. The van der Waals surface area contributed by atoms with Gasteiger partial charge >= 0.3 is 0 Å². The third-order valence-corrected chi connectivity index (χ3v) is 3.62. The van der Waals surface area contributed by atoms with Crippen LogP contribution in [0.1, 0.15) is 36.2 Å². The van der Waals surface area contributed by atoms with Gasteiger partial charge < -0.3 is 9.84 Å². The minimum Gasteiger partial charge on any atom is -0.496 e. The van der Waals surface area contributed by atoms with Crippen LogP contribution in [0.25, 0.3) is 0 Å². The molecule has 18 heavy (non-hydrogen) atoms. The first kappa shape index (κ1) is 13.1. The van der Waals surface area contributed by atoms with Gasteiger partial charge in [-0.15, -0.1) is 0 Å². The molecular weight excluding hydrogens is 228 g/mol. The van der Waals surface area contributed by atoms with Gasteiger partial charge in [-0.1, -0.05) is 0 Å². The molecule has 0 saturated carbocycles. The molecule has 2 rings (SSSR count). The highest BCUT2D eigenvalue weighted by Gasteiger charge is 2.17. The Bertz CT molecular complexity index is 449. The van der Waals surface area contributed by atoms with Crippen LogP contribution in [0.2, 0.25) is 0 Å². The van der Waals surface area contributed by atoms with Crippen LogP contribution in [0, 0.1) is 13.8 Å². The summed E-state index contributed by atoms with van der Waals surface area (Å²) in [7, 11) is 1.95. The topological polar surface area (TPSA) is 47.3 Å². The van der Waals surface area contributed by atoms with E-state index in [1.807, 2.05) is 24.7 Å². The molecule has 0 bridgehead atoms. The van der Waals surface area contributed by atoms with Crippen molar-refractivity contribution in [3.63, 3.8) is 0 Å². The maximum atomic E-state index is 10.1. The average Bonchev–Trinajstić information content (AvgIpc) is 2.62. The van der Waals surface area contributed by atoms with Crippen molar-refractivity contribution < 1.29 is 9.84 Å². The van der Waals surface area contributed by atoms with E-state index in [-0.39, 0.29) is 0 Å². The number of aliphatic hydroxyl groups is 1. The molecule has 0 amide bonds. The summed E-state index contributed by atoms with van der Waals surface area (Å²) in [6.07, 6.45) is 5.13. The first-order valence-electron chi connectivity index (χ1n) is 6.59. The first-order chi connectivity index (χ1) is 8.59. The summed E-state index contributed by atoms with van der Waals surface area (Å²) in [5.41, 5.74) is 3.48. The lowest BCUT2D eigenvalue weighted by atomic mass is 10.0. The maximum Gasteiger partial charge on any atom is 0.120 e. The van der Waals surface area contributed by atoms with Gasteiger partial charge in [0.25, 0.3) is 0 Å². The van der Waals surface area contributed by atoms with Crippen LogP contribution in [-0.4, -0.2) is 27.6 Å². The van der Waals surface area contributed by atoms with Crippen molar-refractivity contribution >= 4 is 0 Å². The zero-order valence-corrected chi connectivity index (χ0v) is 11.4. The number of aromatic nitrogens is 2. The molecule has 1 atom stereocenters. The zero-order valence-electron chi connectivity index (χ0n) is 11.4. The molecule has 1 aliphatic rings. The van der Waals surface area contributed by atoms with Crippen LogP contribution < -0.4 is 0 Å². The molecule has 0 radical (unpaired) electrons. The second-order valence-corrected chi connectivity index (χ2v) is 4.92. The molecule has 4 heteroatoms. The zero-order chi connectivity index (χ0) is 13.1. The van der Waals surface area contributed by atoms with Gasteiger partial charge in [0.1, 0.15) is 11.9 Å². The SMILES string of the molecule is Cc1nn(C)c(C)c1CCC(O)C1=CCCCO1. The predicted molar refractivity (Wildman–Crippen MR) is 70.3 cm³/mol. The molecule has 0 aliphatic carbocycles. The molecule has 0 aromatic carbocycles. The van der Waals surface area contributed by atoms with Crippen LogP contribution in [0.5, 0.6) is 0 Å². The molecule has 100 valence electrons. The lowest BCUT2D eigenvalue weighted by Gasteiger charge is -2.19. The minimum atomic E-state index is -0.482. The fourth-order valence-electron chi connectivity index (χ4n) is 2.41. The van der Waals surface area contributed by atoms with Crippen LogP contribution in [0.3, 0.4) is 0 Å². The smallest absolute Gasteiger partial charge is 0.120 e. The van der Waals surface area contributed by atoms with Gasteiger partial charge in [0.15, 0.2) is 0 Å². The monoisotopic (exact) mass is 250 g/mol. The van der Waals surface area contributed by atoms with Crippen molar-refractivity contribution in [3.8, 4) is 0 Å². The van der Waals surface area contributed by atoms with Crippen molar-refractivity contribution in [1.82, 2.24) is 9.78 Å². The number of ether oxygens (including phenoxy) is 1. The van der Waals surface area contributed by atoms with Gasteiger partial charge in [0, 0.05) is 12.7 Å². The standard InChI is InChI=1S/C14H22N2O2/c1-10-12(11(2)16(3)15-10)7-8-13(17)14-6-4-5-9-18-14/h6,13,17H,4-5,7-9H2,1-3H3. The Morgan fingerprint density at radius 3 is 2.83 bits per heavy atom. The summed E-state index contributed by atoms with van der Waals surface area (Å²) in [5.74, 6) is 0.750. The van der Waals surface area contributed by atoms with E-state index >= 15 is 0 Å². The molecule has 1 aliphatic heterocycles. The highest BCUT2D eigenvalue weighted by molar-refractivity contribution is 5.24. The minimum absolute atomic E-state index is 0.482. The van der Waals surface area contributed by atoms with E-state index in [2.05, 4.69) is 12.0 Å². The average molecular weight is 250 g/mol. The summed E-state index contributed by atoms with van der Waals surface area (Å²) in [4.78, 5) is 0. The second kappa shape index (κ2) is 5.57. The molecule has 4 nitrogen and oxygen atoms in total. The molecule has 1 aromatic rings. The van der Waals surface area contributed by atoms with Gasteiger partial charge in [0.2, 0.25) is 0 Å². The van der Waals surface area contributed by atoms with E-state index < -0.39 is 6.10 Å². The van der Waals surface area contributed by atoms with Gasteiger partial charge in [-0.25, -0.2) is 0 Å². The number of rotatable bonds is 4. The highest BCUT2D eigenvalue weighted by Crippen LogP contribution is 2.20. The molecule has 1 N–H and O–H groups in total. The van der Waals surface area contributed by atoms with E-state index in [1.54, 1.807) is 0 Å². The van der Waals surface area contributed by atoms with Crippen molar-refractivity contribution in [2.24, 2.45) is 7.05 Å². The van der Waals surface area contributed by atoms with E-state index in [9.17, 15) is 5.11 Å². The first-order valence-corrected chi connectivity index (χ1v) is 6.59. The summed E-state index contributed by atoms with van der Waals surface area (Å²) in [6.45, 7) is 4.82. The third kappa shape index (κ3) is 2.75. The van der Waals surface area contributed by atoms with E-state index in [0.717, 1.165) is 37.3 Å². The van der Waals surface area contributed by atoms with Crippen LogP contribution in [0.4, 0.5) is 0 Å². The van der Waals surface area contributed by atoms with Crippen molar-refractivity contribution in [2.75, 3.05) is 6.61 Å². The Morgan fingerprint density at radius 2 is 2.28 bits per heavy atom. The number of aliphatic hydroxyl groups excluding tert-OH is 1. The predicted octanol–water partition coefficient (Wildman–Crippen LogP) is 2.02. The number of aryl methyl sites for hydroxylation is 2. The second-order valence-electron chi connectivity index (χ2n) is 4.92. The van der Waals surface area contributed by atoms with Gasteiger partial charge in [-0.05, 0) is 51.2 Å². The number of nitrogens with zero attached hydrogens (tertiary/aromatic N) is 2. The van der Waals surface area contributed by atoms with Crippen molar-refractivity contribution in [1.29, 1.82) is 0 Å². The molecular formula is C14H22N2O2. The quantitative estimate of drug-likeness (QED) is 0.889. The Kier molecular flexibility index (Phi) is 4.07. The third-order valence-electron chi connectivity index (χ3n) is 3.62. The lowest BCUT2D eigenvalue weighted by Crippen LogP contribution is -2.17. The summed E-state index contributed by atoms with van der Waals surface area (Å²) in [5, 5.41) is 14.5. The molecule has 0 fully saturated rings. The van der Waals surface area contributed by atoms with Gasteiger partial charge in [0.05, 0.1) is 12.3 Å². The summed E-state index contributed by atoms with van der Waals surface area (Å²) < 4.78 is 7.38. The highest BCUT2D eigenvalue weighted by atomic mass is 16.5. The van der Waals surface area contributed by atoms with Crippen LogP contribution in [-0.2, 0) is 18.2 Å². The Hall–Kier alpha value is -1.29. The fraction of sp³-hybridized carbons (Fsp3) is 0.643. The lowest BCUT2D eigenvalue weighted by molar-refractivity contribution is 0.0868. The molecule has 2 heterocycles. The number of hydrogen-bond acceptors (Lipinski definition) is 3. The van der Waals surface area contributed by atoms with Crippen LogP contribution in [0.15, 0.2) is 11.8 Å². The van der Waals surface area contributed by atoms with E-state index in [0.29, 0.717) is 6.42 Å². The Morgan fingerprint density at radius 1 is 1.50 bits per heavy atom. The van der Waals surface area contributed by atoms with Crippen LogP contribution >= 0.6 is 0 Å².